The van der Waals surface area contributed by atoms with Gasteiger partial charge in [0.1, 0.15) is 17.2 Å². The van der Waals surface area contributed by atoms with Crippen LogP contribution in [0.2, 0.25) is 0 Å². The number of benzene rings is 2. The van der Waals surface area contributed by atoms with E-state index in [2.05, 4.69) is 0 Å². The molecule has 0 radical (unpaired) electrons. The summed E-state index contributed by atoms with van der Waals surface area (Å²) >= 11 is 0. The summed E-state index contributed by atoms with van der Waals surface area (Å²) in [7, 11) is 3.17. The molecule has 0 aliphatic rings. The third-order valence-corrected chi connectivity index (χ3v) is 4.33. The number of hydrogen-bond donors (Lipinski definition) is 0. The molecule has 6 heteroatoms. The van der Waals surface area contributed by atoms with E-state index in [9.17, 15) is 9.59 Å². The minimum Gasteiger partial charge on any atom is -0.496 e. The molecular weight excluding hydrogens is 384 g/mol. The van der Waals surface area contributed by atoms with Crippen molar-refractivity contribution in [2.75, 3.05) is 21.0 Å². The van der Waals surface area contributed by atoms with Crippen molar-refractivity contribution in [1.82, 2.24) is 0 Å². The molecule has 2 aromatic carbocycles. The molecule has 0 saturated heterocycles. The van der Waals surface area contributed by atoms with Crippen molar-refractivity contribution in [1.29, 1.82) is 0 Å². The van der Waals surface area contributed by atoms with Crippen molar-refractivity contribution in [2.45, 2.75) is 27.7 Å². The standard InChI is InChI=1S/C24H28O6/c1-16-13-18(22(28-6)14-21(16)27-5)9-12-20(25)17-7-10-19(11-8-17)29-15-30-23(26)24(2,3)4/h7-14H,15H2,1-6H3/b12-9+. The second kappa shape index (κ2) is 9.96. The number of ether oxygens (including phenoxy) is 4. The van der Waals surface area contributed by atoms with E-state index in [1.807, 2.05) is 13.0 Å². The van der Waals surface area contributed by atoms with E-state index in [-0.39, 0.29) is 18.5 Å². The number of hydrogen-bond acceptors (Lipinski definition) is 6. The normalized spacial score (nSPS) is 11.3. The third kappa shape index (κ3) is 6.11. The largest absolute Gasteiger partial charge is 0.496 e. The number of methoxy groups -OCH3 is 2. The van der Waals surface area contributed by atoms with Crippen molar-refractivity contribution < 1.29 is 28.5 Å². The van der Waals surface area contributed by atoms with Crippen LogP contribution in [0, 0.1) is 12.3 Å². The fraction of sp³-hybridized carbons (Fsp3) is 0.333. The Morgan fingerprint density at radius 3 is 2.17 bits per heavy atom. The summed E-state index contributed by atoms with van der Waals surface area (Å²) in [6, 6.07) is 10.3. The maximum atomic E-state index is 12.5. The Kier molecular flexibility index (Phi) is 7.64. The molecule has 0 spiro atoms. The van der Waals surface area contributed by atoms with E-state index in [1.165, 1.54) is 6.08 Å². The minimum atomic E-state index is -0.586. The van der Waals surface area contributed by atoms with Gasteiger partial charge in [-0.15, -0.1) is 0 Å². The molecule has 0 bridgehead atoms. The van der Waals surface area contributed by atoms with Gasteiger partial charge in [0.05, 0.1) is 19.6 Å². The Morgan fingerprint density at radius 2 is 1.60 bits per heavy atom. The monoisotopic (exact) mass is 412 g/mol. The first-order valence-electron chi connectivity index (χ1n) is 9.51. The summed E-state index contributed by atoms with van der Waals surface area (Å²) in [5.74, 6) is 1.35. The average Bonchev–Trinajstić information content (AvgIpc) is 2.71. The third-order valence-electron chi connectivity index (χ3n) is 4.33. The molecule has 0 saturated carbocycles. The van der Waals surface area contributed by atoms with Gasteiger partial charge in [-0.1, -0.05) is 0 Å². The number of carbonyl (C=O) groups is 2. The lowest BCUT2D eigenvalue weighted by molar-refractivity contribution is -0.159. The number of rotatable bonds is 8. The number of allylic oxidation sites excluding steroid dienone is 1. The van der Waals surface area contributed by atoms with Crippen molar-refractivity contribution in [2.24, 2.45) is 5.41 Å². The van der Waals surface area contributed by atoms with Gasteiger partial charge in [-0.25, -0.2) is 0 Å². The Hall–Kier alpha value is -3.28. The van der Waals surface area contributed by atoms with Crippen molar-refractivity contribution in [3.05, 3.63) is 59.2 Å². The molecule has 0 aromatic heterocycles. The Morgan fingerprint density at radius 1 is 0.967 bits per heavy atom. The van der Waals surface area contributed by atoms with Crippen LogP contribution in [0.5, 0.6) is 17.2 Å². The van der Waals surface area contributed by atoms with E-state index in [0.717, 1.165) is 16.9 Å². The van der Waals surface area contributed by atoms with Crippen LogP contribution < -0.4 is 14.2 Å². The van der Waals surface area contributed by atoms with Gasteiger partial charge in [0.15, 0.2) is 5.78 Å². The lowest BCUT2D eigenvalue weighted by Gasteiger charge is -2.16. The van der Waals surface area contributed by atoms with Crippen molar-refractivity contribution in [3.8, 4) is 17.2 Å². The van der Waals surface area contributed by atoms with Gasteiger partial charge < -0.3 is 18.9 Å². The molecule has 0 atom stereocenters. The predicted molar refractivity (Wildman–Crippen MR) is 115 cm³/mol. The molecule has 160 valence electrons. The second-order valence-electron chi connectivity index (χ2n) is 7.73. The highest BCUT2D eigenvalue weighted by Crippen LogP contribution is 2.29. The molecule has 0 fully saturated rings. The van der Waals surface area contributed by atoms with E-state index in [1.54, 1.807) is 71.4 Å². The van der Waals surface area contributed by atoms with E-state index >= 15 is 0 Å². The van der Waals surface area contributed by atoms with Gasteiger partial charge in [-0.05, 0) is 75.7 Å². The fourth-order valence-corrected chi connectivity index (χ4v) is 2.56. The van der Waals surface area contributed by atoms with Crippen LogP contribution >= 0.6 is 0 Å². The van der Waals surface area contributed by atoms with Crippen LogP contribution in [0.3, 0.4) is 0 Å². The SMILES string of the molecule is COc1cc(OC)c(/C=C/C(=O)c2ccc(OCOC(=O)C(C)(C)C)cc2)cc1C. The predicted octanol–water partition coefficient (Wildman–Crippen LogP) is 4.83. The zero-order valence-corrected chi connectivity index (χ0v) is 18.3. The summed E-state index contributed by atoms with van der Waals surface area (Å²) in [6.07, 6.45) is 3.20. The molecule has 0 N–H and O–H groups in total. The maximum absolute atomic E-state index is 12.5. The Bertz CT molecular complexity index is 920. The topological polar surface area (TPSA) is 71.1 Å². The first-order valence-corrected chi connectivity index (χ1v) is 9.51. The van der Waals surface area contributed by atoms with Crippen LogP contribution in [-0.2, 0) is 9.53 Å². The number of ketones is 1. The highest BCUT2D eigenvalue weighted by atomic mass is 16.7. The van der Waals surface area contributed by atoms with Gasteiger partial charge in [-0.2, -0.15) is 0 Å². The summed E-state index contributed by atoms with van der Waals surface area (Å²) < 4.78 is 21.1. The molecule has 0 aliphatic carbocycles. The van der Waals surface area contributed by atoms with Crippen LogP contribution in [-0.4, -0.2) is 32.8 Å². The molecular formula is C24H28O6. The summed E-state index contributed by atoms with van der Waals surface area (Å²) in [6.45, 7) is 7.05. The second-order valence-corrected chi connectivity index (χ2v) is 7.73. The van der Waals surface area contributed by atoms with Crippen LogP contribution in [0.4, 0.5) is 0 Å². The van der Waals surface area contributed by atoms with Crippen LogP contribution in [0.25, 0.3) is 6.08 Å². The highest BCUT2D eigenvalue weighted by molar-refractivity contribution is 6.07. The van der Waals surface area contributed by atoms with E-state index < -0.39 is 5.41 Å². The fourth-order valence-electron chi connectivity index (χ4n) is 2.56. The molecule has 6 nitrogen and oxygen atoms in total. The van der Waals surface area contributed by atoms with E-state index in [0.29, 0.717) is 17.1 Å². The quantitative estimate of drug-likeness (QED) is 0.268. The number of carbonyl (C=O) groups excluding carboxylic acids is 2. The van der Waals surface area contributed by atoms with Gasteiger partial charge in [-0.3, -0.25) is 9.59 Å². The maximum Gasteiger partial charge on any atom is 0.314 e. The van der Waals surface area contributed by atoms with Gasteiger partial charge >= 0.3 is 5.97 Å². The summed E-state index contributed by atoms with van der Waals surface area (Å²) in [5.41, 5.74) is 1.65. The molecule has 2 rings (SSSR count). The molecule has 0 aliphatic heterocycles. The highest BCUT2D eigenvalue weighted by Gasteiger charge is 2.23. The van der Waals surface area contributed by atoms with Gasteiger partial charge in [0.2, 0.25) is 6.79 Å². The smallest absolute Gasteiger partial charge is 0.314 e. The van der Waals surface area contributed by atoms with Gasteiger partial charge in [0.25, 0.3) is 0 Å². The lowest BCUT2D eigenvalue weighted by atomic mass is 9.98. The van der Waals surface area contributed by atoms with Crippen LogP contribution in [0.1, 0.15) is 42.3 Å². The summed E-state index contributed by atoms with van der Waals surface area (Å²) in [5, 5.41) is 0. The first-order chi connectivity index (χ1) is 14.2. The van der Waals surface area contributed by atoms with Crippen molar-refractivity contribution >= 4 is 17.8 Å². The van der Waals surface area contributed by atoms with E-state index in [4.69, 9.17) is 18.9 Å². The zero-order chi connectivity index (χ0) is 22.3. The van der Waals surface area contributed by atoms with Crippen LogP contribution in [0.15, 0.2) is 42.5 Å². The molecule has 0 amide bonds. The Labute approximate surface area is 177 Å². The van der Waals surface area contributed by atoms with Crippen molar-refractivity contribution in [3.63, 3.8) is 0 Å². The molecule has 30 heavy (non-hydrogen) atoms. The Balaban J connectivity index is 2.01. The minimum absolute atomic E-state index is 0.156. The molecule has 0 heterocycles. The average molecular weight is 412 g/mol. The summed E-state index contributed by atoms with van der Waals surface area (Å²) in [4.78, 5) is 24.2. The van der Waals surface area contributed by atoms with Gasteiger partial charge in [0, 0.05) is 17.2 Å². The molecule has 0 unspecified atom stereocenters. The number of aryl methyl sites for hydroxylation is 1. The zero-order valence-electron chi connectivity index (χ0n) is 18.3. The molecule has 2 aromatic rings. The lowest BCUT2D eigenvalue weighted by Crippen LogP contribution is -2.24. The number of esters is 1. The first kappa shape index (κ1) is 23.0.